The third kappa shape index (κ3) is 5.25. The topological polar surface area (TPSA) is 96.9 Å². The van der Waals surface area contributed by atoms with E-state index in [4.69, 9.17) is 13.7 Å². The van der Waals surface area contributed by atoms with Crippen molar-refractivity contribution in [2.45, 2.75) is 25.8 Å². The molecule has 9 heteroatoms. The van der Waals surface area contributed by atoms with Crippen molar-refractivity contribution >= 4 is 11.9 Å². The van der Waals surface area contributed by atoms with Crippen molar-refractivity contribution in [1.29, 1.82) is 0 Å². The van der Waals surface area contributed by atoms with Crippen molar-refractivity contribution < 1.29 is 18.5 Å². The lowest BCUT2D eigenvalue weighted by atomic mass is 9.96. The van der Waals surface area contributed by atoms with Crippen LogP contribution in [0.5, 0.6) is 5.75 Å². The minimum Gasteiger partial charge on any atom is -0.497 e. The van der Waals surface area contributed by atoms with E-state index in [9.17, 15) is 4.79 Å². The van der Waals surface area contributed by atoms with Crippen LogP contribution >= 0.6 is 0 Å². The molecule has 2 aromatic heterocycles. The lowest BCUT2D eigenvalue weighted by molar-refractivity contribution is -0.125. The fourth-order valence-corrected chi connectivity index (χ4v) is 4.77. The summed E-state index contributed by atoms with van der Waals surface area (Å²) in [5, 5.41) is 7.31. The van der Waals surface area contributed by atoms with Gasteiger partial charge >= 0.3 is 6.01 Å². The Hall–Kier alpha value is -3.33. The SMILES string of the molecule is COc1ccc(-c2noc(N3CCC(C(=O)NCC4CCN(Cc5ccco5)C4)CC3)n2)cc1. The van der Waals surface area contributed by atoms with E-state index in [1.165, 1.54) is 0 Å². The zero-order valence-electron chi connectivity index (χ0n) is 19.5. The maximum Gasteiger partial charge on any atom is 0.324 e. The highest BCUT2D eigenvalue weighted by molar-refractivity contribution is 5.79. The van der Waals surface area contributed by atoms with Gasteiger partial charge in [-0.2, -0.15) is 4.98 Å². The first-order chi connectivity index (χ1) is 16.7. The van der Waals surface area contributed by atoms with Crippen molar-refractivity contribution in [3.05, 3.63) is 48.4 Å². The molecule has 3 aromatic rings. The zero-order chi connectivity index (χ0) is 23.3. The number of carbonyl (C=O) groups is 1. The Balaban J connectivity index is 1.05. The molecule has 34 heavy (non-hydrogen) atoms. The highest BCUT2D eigenvalue weighted by Crippen LogP contribution is 2.26. The van der Waals surface area contributed by atoms with Crippen LogP contribution in [0, 0.1) is 11.8 Å². The highest BCUT2D eigenvalue weighted by Gasteiger charge is 2.29. The number of piperidine rings is 1. The first kappa shape index (κ1) is 22.5. The molecular formula is C25H31N5O4. The number of furan rings is 1. The second kappa shape index (κ2) is 10.3. The van der Waals surface area contributed by atoms with Gasteiger partial charge in [0.1, 0.15) is 11.5 Å². The predicted molar refractivity (Wildman–Crippen MR) is 126 cm³/mol. The monoisotopic (exact) mass is 465 g/mol. The van der Waals surface area contributed by atoms with Crippen molar-refractivity contribution in [1.82, 2.24) is 20.4 Å². The molecule has 9 nitrogen and oxygen atoms in total. The summed E-state index contributed by atoms with van der Waals surface area (Å²) in [7, 11) is 1.64. The quantitative estimate of drug-likeness (QED) is 0.542. The van der Waals surface area contributed by atoms with Crippen LogP contribution in [-0.2, 0) is 11.3 Å². The third-order valence-electron chi connectivity index (χ3n) is 6.79. The van der Waals surface area contributed by atoms with Crippen molar-refractivity contribution in [3.63, 3.8) is 0 Å². The number of aromatic nitrogens is 2. The maximum absolute atomic E-state index is 12.8. The average Bonchev–Trinajstić information content (AvgIpc) is 3.66. The van der Waals surface area contributed by atoms with E-state index in [-0.39, 0.29) is 11.8 Å². The van der Waals surface area contributed by atoms with Crippen LogP contribution in [0.25, 0.3) is 11.4 Å². The molecule has 2 aliphatic heterocycles. The molecule has 1 aromatic carbocycles. The summed E-state index contributed by atoms with van der Waals surface area (Å²) in [6.45, 7) is 5.06. The average molecular weight is 466 g/mol. The summed E-state index contributed by atoms with van der Waals surface area (Å²) < 4.78 is 16.1. The van der Waals surface area contributed by atoms with Gasteiger partial charge in [0.15, 0.2) is 0 Å². The number of hydrogen-bond donors (Lipinski definition) is 1. The second-order valence-electron chi connectivity index (χ2n) is 9.10. The van der Waals surface area contributed by atoms with E-state index >= 15 is 0 Å². The van der Waals surface area contributed by atoms with Gasteiger partial charge in [-0.15, -0.1) is 0 Å². The summed E-state index contributed by atoms with van der Waals surface area (Å²) in [4.78, 5) is 21.8. The second-order valence-corrected chi connectivity index (χ2v) is 9.10. The van der Waals surface area contributed by atoms with E-state index in [2.05, 4.69) is 25.3 Å². The molecule has 2 aliphatic rings. The molecule has 0 bridgehead atoms. The van der Waals surface area contributed by atoms with E-state index in [0.717, 1.165) is 75.6 Å². The van der Waals surface area contributed by atoms with Gasteiger partial charge in [-0.1, -0.05) is 5.16 Å². The number of methoxy groups -OCH3 is 1. The van der Waals surface area contributed by atoms with Crippen LogP contribution in [-0.4, -0.2) is 60.8 Å². The number of ether oxygens (including phenoxy) is 1. The van der Waals surface area contributed by atoms with Gasteiger partial charge in [0.05, 0.1) is 19.9 Å². The van der Waals surface area contributed by atoms with Crippen LogP contribution in [0.3, 0.4) is 0 Å². The number of rotatable bonds is 8. The molecule has 2 saturated heterocycles. The van der Waals surface area contributed by atoms with Crippen LogP contribution in [0.1, 0.15) is 25.0 Å². The van der Waals surface area contributed by atoms with Gasteiger partial charge in [-0.3, -0.25) is 9.69 Å². The Kier molecular flexibility index (Phi) is 6.80. The summed E-state index contributed by atoms with van der Waals surface area (Å²) in [6.07, 6.45) is 4.38. The number of likely N-dealkylation sites (tertiary alicyclic amines) is 1. The summed E-state index contributed by atoms with van der Waals surface area (Å²) in [6, 6.07) is 12.0. The maximum atomic E-state index is 12.8. The molecular weight excluding hydrogens is 434 g/mol. The normalized spacial score (nSPS) is 19.4. The lowest BCUT2D eigenvalue weighted by Crippen LogP contribution is -2.42. The Morgan fingerprint density at radius 1 is 1.15 bits per heavy atom. The molecule has 4 heterocycles. The molecule has 5 rings (SSSR count). The van der Waals surface area contributed by atoms with Gasteiger partial charge in [0.2, 0.25) is 11.7 Å². The summed E-state index contributed by atoms with van der Waals surface area (Å²) >= 11 is 0. The fourth-order valence-electron chi connectivity index (χ4n) is 4.77. The number of carbonyl (C=O) groups excluding carboxylic acids is 1. The molecule has 1 N–H and O–H groups in total. The molecule has 2 fully saturated rings. The van der Waals surface area contributed by atoms with Gasteiger partial charge < -0.3 is 23.9 Å². The van der Waals surface area contributed by atoms with Gasteiger partial charge in [0.25, 0.3) is 0 Å². The number of benzene rings is 1. The minimum absolute atomic E-state index is 0.0286. The van der Waals surface area contributed by atoms with Gasteiger partial charge in [-0.05, 0) is 68.1 Å². The van der Waals surface area contributed by atoms with Crippen molar-refractivity contribution in [2.24, 2.45) is 11.8 Å². The van der Waals surface area contributed by atoms with E-state index in [0.29, 0.717) is 17.8 Å². The first-order valence-corrected chi connectivity index (χ1v) is 11.9. The van der Waals surface area contributed by atoms with Crippen LogP contribution in [0.15, 0.2) is 51.6 Å². The summed E-state index contributed by atoms with van der Waals surface area (Å²) in [5.74, 6) is 3.01. The van der Waals surface area contributed by atoms with Gasteiger partial charge in [0, 0.05) is 37.7 Å². The van der Waals surface area contributed by atoms with E-state index in [1.807, 2.05) is 36.4 Å². The molecule has 180 valence electrons. The van der Waals surface area contributed by atoms with Crippen molar-refractivity contribution in [2.75, 3.05) is 44.7 Å². The number of hydrogen-bond acceptors (Lipinski definition) is 8. The summed E-state index contributed by atoms with van der Waals surface area (Å²) in [5.41, 5.74) is 0.875. The molecule has 1 amide bonds. The molecule has 0 radical (unpaired) electrons. The third-order valence-corrected chi connectivity index (χ3v) is 6.79. The van der Waals surface area contributed by atoms with Crippen molar-refractivity contribution in [3.8, 4) is 17.1 Å². The molecule has 0 saturated carbocycles. The number of amides is 1. The van der Waals surface area contributed by atoms with Crippen LogP contribution in [0.4, 0.5) is 6.01 Å². The Bertz CT molecular complexity index is 1060. The standard InChI is InChI=1S/C25H31N5O4/c1-32-21-6-4-19(5-7-21)23-27-25(34-28-23)30-12-9-20(10-13-30)24(31)26-15-18-8-11-29(16-18)17-22-3-2-14-33-22/h2-7,14,18,20H,8-13,15-17H2,1H3,(H,26,31). The lowest BCUT2D eigenvalue weighted by Gasteiger charge is -2.30. The van der Waals surface area contributed by atoms with E-state index in [1.54, 1.807) is 13.4 Å². The zero-order valence-corrected chi connectivity index (χ0v) is 19.5. The molecule has 1 atom stereocenters. The molecule has 1 unspecified atom stereocenters. The number of nitrogens with zero attached hydrogens (tertiary/aromatic N) is 4. The Morgan fingerprint density at radius 3 is 2.71 bits per heavy atom. The largest absolute Gasteiger partial charge is 0.497 e. The number of anilines is 1. The molecule has 0 spiro atoms. The highest BCUT2D eigenvalue weighted by atomic mass is 16.5. The first-order valence-electron chi connectivity index (χ1n) is 11.9. The van der Waals surface area contributed by atoms with E-state index < -0.39 is 0 Å². The fraction of sp³-hybridized carbons (Fsp3) is 0.480. The smallest absolute Gasteiger partial charge is 0.324 e. The molecule has 0 aliphatic carbocycles. The Labute approximate surface area is 199 Å². The predicted octanol–water partition coefficient (Wildman–Crippen LogP) is 3.19. The minimum atomic E-state index is 0.0286. The Morgan fingerprint density at radius 2 is 1.97 bits per heavy atom. The van der Waals surface area contributed by atoms with Crippen LogP contribution < -0.4 is 15.0 Å². The van der Waals surface area contributed by atoms with Gasteiger partial charge in [-0.25, -0.2) is 0 Å². The number of nitrogens with one attached hydrogen (secondary N) is 1. The van der Waals surface area contributed by atoms with Crippen LogP contribution in [0.2, 0.25) is 0 Å².